The lowest BCUT2D eigenvalue weighted by Gasteiger charge is -2.10. The number of ether oxygens (including phenoxy) is 1. The highest BCUT2D eigenvalue weighted by atomic mass is 35.5. The van der Waals surface area contributed by atoms with Gasteiger partial charge in [0.1, 0.15) is 10.7 Å². The summed E-state index contributed by atoms with van der Waals surface area (Å²) in [6.45, 7) is -0.693. The van der Waals surface area contributed by atoms with E-state index in [1.165, 1.54) is 18.2 Å². The van der Waals surface area contributed by atoms with E-state index in [0.29, 0.717) is 22.7 Å². The second-order valence-corrected chi connectivity index (χ2v) is 7.34. The highest BCUT2D eigenvalue weighted by molar-refractivity contribution is 7.17. The van der Waals surface area contributed by atoms with Crippen molar-refractivity contribution >= 4 is 40.6 Å². The lowest BCUT2D eigenvalue weighted by Crippen LogP contribution is -2.21. The van der Waals surface area contributed by atoms with E-state index < -0.39 is 35.2 Å². The number of hydrogen-bond acceptors (Lipinski definition) is 5. The fourth-order valence-electron chi connectivity index (χ4n) is 2.27. The Labute approximate surface area is 176 Å². The normalized spacial score (nSPS) is 11.2. The zero-order valence-corrected chi connectivity index (χ0v) is 16.4. The van der Waals surface area contributed by atoms with E-state index in [9.17, 15) is 27.2 Å². The predicted molar refractivity (Wildman–Crippen MR) is 103 cm³/mol. The molecule has 0 aliphatic heterocycles. The standard InChI is InChI=1S/C19H11ClF4N2O3S/c20-13-7-11(19(22,23)24)8-25-17(13)26-16(27)9-29-18(28)15-6-5-14(30-15)10-1-3-12(21)4-2-10/h1-8H,9H2,(H,25,26,27). The van der Waals surface area contributed by atoms with E-state index in [2.05, 4.69) is 10.3 Å². The second kappa shape index (κ2) is 8.80. The molecule has 0 aliphatic carbocycles. The Hall–Kier alpha value is -2.98. The molecule has 1 amide bonds. The summed E-state index contributed by atoms with van der Waals surface area (Å²) in [5.74, 6) is -2.27. The number of alkyl halides is 3. The number of pyridine rings is 1. The molecule has 0 atom stereocenters. The van der Waals surface area contributed by atoms with Gasteiger partial charge >= 0.3 is 12.1 Å². The van der Waals surface area contributed by atoms with Crippen molar-refractivity contribution in [3.8, 4) is 10.4 Å². The molecule has 0 aliphatic rings. The lowest BCUT2D eigenvalue weighted by atomic mass is 10.2. The number of carbonyl (C=O) groups excluding carboxylic acids is 2. The van der Waals surface area contributed by atoms with Gasteiger partial charge in [0.05, 0.1) is 10.6 Å². The molecule has 1 aromatic carbocycles. The maximum absolute atomic E-state index is 13.0. The van der Waals surface area contributed by atoms with Crippen LogP contribution in [0, 0.1) is 5.82 Å². The zero-order chi connectivity index (χ0) is 21.9. The van der Waals surface area contributed by atoms with E-state index in [0.717, 1.165) is 11.3 Å². The number of nitrogens with zero attached hydrogens (tertiary/aromatic N) is 1. The van der Waals surface area contributed by atoms with Crippen LogP contribution >= 0.6 is 22.9 Å². The molecular formula is C19H11ClF4N2O3S. The van der Waals surface area contributed by atoms with Crippen LogP contribution < -0.4 is 5.32 Å². The first-order chi connectivity index (χ1) is 14.1. The van der Waals surface area contributed by atoms with Crippen LogP contribution in [0.2, 0.25) is 5.02 Å². The van der Waals surface area contributed by atoms with Crippen LogP contribution in [0.3, 0.4) is 0 Å². The monoisotopic (exact) mass is 458 g/mol. The van der Waals surface area contributed by atoms with Crippen molar-refractivity contribution in [2.75, 3.05) is 11.9 Å². The SMILES string of the molecule is O=C(COC(=O)c1ccc(-c2ccc(F)cc2)s1)Nc1ncc(C(F)(F)F)cc1Cl. The molecule has 0 spiro atoms. The predicted octanol–water partition coefficient (Wildman–Crippen LogP) is 5.42. The maximum Gasteiger partial charge on any atom is 0.417 e. The molecule has 3 rings (SSSR count). The molecule has 30 heavy (non-hydrogen) atoms. The van der Waals surface area contributed by atoms with Gasteiger partial charge in [-0.15, -0.1) is 11.3 Å². The Bertz CT molecular complexity index is 1080. The summed E-state index contributed by atoms with van der Waals surface area (Å²) in [4.78, 5) is 28.4. The van der Waals surface area contributed by atoms with Crippen molar-refractivity contribution in [1.29, 1.82) is 0 Å². The van der Waals surface area contributed by atoms with Crippen molar-refractivity contribution in [3.63, 3.8) is 0 Å². The molecule has 0 radical (unpaired) electrons. The molecular weight excluding hydrogens is 448 g/mol. The Morgan fingerprint density at radius 1 is 1.13 bits per heavy atom. The van der Waals surface area contributed by atoms with E-state index in [4.69, 9.17) is 16.3 Å². The van der Waals surface area contributed by atoms with Crippen LogP contribution in [0.25, 0.3) is 10.4 Å². The Morgan fingerprint density at radius 2 is 1.83 bits per heavy atom. The van der Waals surface area contributed by atoms with Crippen LogP contribution in [0.4, 0.5) is 23.4 Å². The first kappa shape index (κ1) is 21.7. The fourth-order valence-corrected chi connectivity index (χ4v) is 3.39. The minimum atomic E-state index is -4.62. The van der Waals surface area contributed by atoms with Gasteiger partial charge in [-0.25, -0.2) is 14.2 Å². The molecule has 0 unspecified atom stereocenters. The number of amides is 1. The van der Waals surface area contributed by atoms with Gasteiger partial charge in [0, 0.05) is 11.1 Å². The Kier molecular flexibility index (Phi) is 6.37. The van der Waals surface area contributed by atoms with Crippen LogP contribution in [-0.2, 0) is 15.7 Å². The second-order valence-electron chi connectivity index (χ2n) is 5.85. The number of esters is 1. The number of thiophene rings is 1. The van der Waals surface area contributed by atoms with Gasteiger partial charge in [0.15, 0.2) is 12.4 Å². The summed E-state index contributed by atoms with van der Waals surface area (Å²) >= 11 is 6.80. The van der Waals surface area contributed by atoms with Gasteiger partial charge in [0.2, 0.25) is 0 Å². The summed E-state index contributed by atoms with van der Waals surface area (Å²) in [6.07, 6.45) is -4.10. The first-order valence-corrected chi connectivity index (χ1v) is 9.38. The fraction of sp³-hybridized carbons (Fsp3) is 0.105. The molecule has 1 N–H and O–H groups in total. The third kappa shape index (κ3) is 5.33. The number of benzene rings is 1. The summed E-state index contributed by atoms with van der Waals surface area (Å²) in [5.41, 5.74) is -0.354. The van der Waals surface area contributed by atoms with Crippen LogP contribution in [-0.4, -0.2) is 23.5 Å². The molecule has 0 bridgehead atoms. The number of hydrogen-bond donors (Lipinski definition) is 1. The van der Waals surface area contributed by atoms with Crippen LogP contribution in [0.1, 0.15) is 15.2 Å². The molecule has 2 aromatic heterocycles. The van der Waals surface area contributed by atoms with E-state index in [1.807, 2.05) is 0 Å². The summed E-state index contributed by atoms with van der Waals surface area (Å²) in [6, 6.07) is 9.47. The summed E-state index contributed by atoms with van der Waals surface area (Å²) in [5, 5.41) is 1.76. The minimum Gasteiger partial charge on any atom is -0.451 e. The van der Waals surface area contributed by atoms with Crippen molar-refractivity contribution < 1.29 is 31.9 Å². The number of aromatic nitrogens is 1. The molecule has 2 heterocycles. The van der Waals surface area contributed by atoms with E-state index in [-0.39, 0.29) is 16.5 Å². The number of nitrogens with one attached hydrogen (secondary N) is 1. The summed E-state index contributed by atoms with van der Waals surface area (Å²) < 4.78 is 55.7. The maximum atomic E-state index is 13.0. The molecule has 156 valence electrons. The third-order valence-corrected chi connectivity index (χ3v) is 5.10. The molecule has 3 aromatic rings. The molecule has 0 saturated carbocycles. The van der Waals surface area contributed by atoms with Crippen LogP contribution in [0.5, 0.6) is 0 Å². The molecule has 5 nitrogen and oxygen atoms in total. The zero-order valence-electron chi connectivity index (χ0n) is 14.8. The average molecular weight is 459 g/mol. The van der Waals surface area contributed by atoms with Gasteiger partial charge in [-0.1, -0.05) is 23.7 Å². The quantitative estimate of drug-likeness (QED) is 0.409. The molecule has 11 heteroatoms. The van der Waals surface area contributed by atoms with Crippen molar-refractivity contribution in [2.45, 2.75) is 6.18 Å². The highest BCUT2D eigenvalue weighted by Crippen LogP contribution is 2.32. The third-order valence-electron chi connectivity index (χ3n) is 3.70. The average Bonchev–Trinajstić information content (AvgIpc) is 3.18. The van der Waals surface area contributed by atoms with E-state index >= 15 is 0 Å². The van der Waals surface area contributed by atoms with Gasteiger partial charge in [-0.3, -0.25) is 4.79 Å². The first-order valence-electron chi connectivity index (χ1n) is 8.19. The number of anilines is 1. The van der Waals surface area contributed by atoms with Gasteiger partial charge in [0.25, 0.3) is 5.91 Å². The smallest absolute Gasteiger partial charge is 0.417 e. The van der Waals surface area contributed by atoms with Crippen molar-refractivity contribution in [2.24, 2.45) is 0 Å². The largest absolute Gasteiger partial charge is 0.451 e. The Morgan fingerprint density at radius 3 is 2.47 bits per heavy atom. The van der Waals surface area contributed by atoms with E-state index in [1.54, 1.807) is 18.2 Å². The number of carbonyl (C=O) groups is 2. The van der Waals surface area contributed by atoms with Crippen molar-refractivity contribution in [3.05, 3.63) is 69.9 Å². The number of halogens is 5. The molecule has 0 fully saturated rings. The van der Waals surface area contributed by atoms with Gasteiger partial charge in [-0.2, -0.15) is 13.2 Å². The minimum absolute atomic E-state index is 0.216. The number of rotatable bonds is 5. The topological polar surface area (TPSA) is 68.3 Å². The highest BCUT2D eigenvalue weighted by Gasteiger charge is 2.31. The van der Waals surface area contributed by atoms with Crippen LogP contribution in [0.15, 0.2) is 48.7 Å². The molecule has 0 saturated heterocycles. The van der Waals surface area contributed by atoms with Gasteiger partial charge < -0.3 is 10.1 Å². The summed E-state index contributed by atoms with van der Waals surface area (Å²) in [7, 11) is 0. The lowest BCUT2D eigenvalue weighted by molar-refractivity contribution is -0.137. The van der Waals surface area contributed by atoms with Gasteiger partial charge in [-0.05, 0) is 35.9 Å². The Balaban J connectivity index is 1.57. The van der Waals surface area contributed by atoms with Crippen molar-refractivity contribution in [1.82, 2.24) is 4.98 Å².